The van der Waals surface area contributed by atoms with Crippen LogP contribution in [-0.2, 0) is 4.79 Å². The van der Waals surface area contributed by atoms with E-state index in [4.69, 9.17) is 0 Å². The molecule has 5 rings (SSSR count). The zero-order valence-electron chi connectivity index (χ0n) is 17.9. The van der Waals surface area contributed by atoms with Gasteiger partial charge in [-0.3, -0.25) is 9.59 Å². The fraction of sp³-hybridized carbons (Fsp3) is 0.409. The number of aromatic nitrogens is 4. The summed E-state index contributed by atoms with van der Waals surface area (Å²) in [5.41, 5.74) is 0.797. The lowest BCUT2D eigenvalue weighted by Gasteiger charge is -2.38. The second-order valence-corrected chi connectivity index (χ2v) is 8.33. The van der Waals surface area contributed by atoms with Crippen LogP contribution in [0.15, 0.2) is 36.7 Å². The molecule has 2 fully saturated rings. The molecule has 0 bridgehead atoms. The minimum Gasteiger partial charge on any atom is -0.355 e. The molecule has 2 amide bonds. The van der Waals surface area contributed by atoms with Crippen molar-refractivity contribution >= 4 is 23.3 Å². The smallest absolute Gasteiger partial charge is 0.254 e. The number of amides is 2. The molecular weight excluding hydrogens is 432 g/mol. The normalized spacial score (nSPS) is 17.6. The number of carbonyl (C=O) groups excluding carboxylic acids is 2. The molecule has 2 aliphatic heterocycles. The van der Waals surface area contributed by atoms with Crippen LogP contribution >= 0.6 is 0 Å². The lowest BCUT2D eigenvalue weighted by Crippen LogP contribution is -2.53. The van der Waals surface area contributed by atoms with Crippen molar-refractivity contribution in [3.8, 4) is 0 Å². The van der Waals surface area contributed by atoms with Crippen molar-refractivity contribution in [2.75, 3.05) is 44.2 Å². The predicted molar refractivity (Wildman–Crippen MR) is 115 cm³/mol. The van der Waals surface area contributed by atoms with E-state index >= 15 is 0 Å². The number of anilines is 1. The maximum absolute atomic E-state index is 13.5. The van der Waals surface area contributed by atoms with E-state index in [1.807, 2.05) is 12.1 Å². The second kappa shape index (κ2) is 8.72. The summed E-state index contributed by atoms with van der Waals surface area (Å²) in [5.74, 6) is -1.50. The lowest BCUT2D eigenvalue weighted by atomic mass is 9.95. The van der Waals surface area contributed by atoms with Crippen molar-refractivity contribution in [3.63, 3.8) is 0 Å². The highest BCUT2D eigenvalue weighted by atomic mass is 19.2. The van der Waals surface area contributed by atoms with E-state index in [0.717, 1.165) is 43.9 Å². The summed E-state index contributed by atoms with van der Waals surface area (Å²) >= 11 is 0. The van der Waals surface area contributed by atoms with Crippen LogP contribution in [0.3, 0.4) is 0 Å². The number of carbonyl (C=O) groups is 2. The summed E-state index contributed by atoms with van der Waals surface area (Å²) in [7, 11) is 0. The number of piperidine rings is 1. The molecule has 33 heavy (non-hydrogen) atoms. The SMILES string of the molecule is O=C(c1ccc(F)c(F)c1)N1CCN(C(=O)C2CCN(c3ccc4nncn4n3)CC2)CC1. The molecule has 1 aromatic carbocycles. The van der Waals surface area contributed by atoms with Crippen molar-refractivity contribution in [2.24, 2.45) is 5.92 Å². The first kappa shape index (κ1) is 21.2. The number of piperazine rings is 1. The summed E-state index contributed by atoms with van der Waals surface area (Å²) in [6, 6.07) is 6.93. The average Bonchev–Trinajstić information content (AvgIpc) is 3.33. The van der Waals surface area contributed by atoms with Gasteiger partial charge in [-0.05, 0) is 43.2 Å². The molecule has 0 saturated carbocycles. The first-order valence-electron chi connectivity index (χ1n) is 10.9. The quantitative estimate of drug-likeness (QED) is 0.597. The molecular formula is C22H23F2N7O2. The molecule has 0 radical (unpaired) electrons. The molecule has 4 heterocycles. The maximum atomic E-state index is 13.5. The van der Waals surface area contributed by atoms with E-state index in [1.54, 1.807) is 20.6 Å². The van der Waals surface area contributed by atoms with Crippen LogP contribution in [0, 0.1) is 17.6 Å². The number of hydrogen-bond acceptors (Lipinski definition) is 6. The van der Waals surface area contributed by atoms with Crippen LogP contribution in [0.5, 0.6) is 0 Å². The third-order valence-electron chi connectivity index (χ3n) is 6.36. The first-order valence-corrected chi connectivity index (χ1v) is 10.9. The molecule has 2 aliphatic rings. The fourth-order valence-electron chi connectivity index (χ4n) is 4.44. The van der Waals surface area contributed by atoms with Crippen LogP contribution in [0.25, 0.3) is 5.65 Å². The van der Waals surface area contributed by atoms with Crippen molar-refractivity contribution < 1.29 is 18.4 Å². The number of fused-ring (bicyclic) bond motifs is 1. The van der Waals surface area contributed by atoms with Gasteiger partial charge in [-0.2, -0.15) is 4.52 Å². The topological polar surface area (TPSA) is 86.9 Å². The molecule has 0 unspecified atom stereocenters. The van der Waals surface area contributed by atoms with Crippen LogP contribution in [0.1, 0.15) is 23.2 Å². The van der Waals surface area contributed by atoms with Crippen LogP contribution in [-0.4, -0.2) is 80.7 Å². The molecule has 0 N–H and O–H groups in total. The van der Waals surface area contributed by atoms with Gasteiger partial charge in [-0.25, -0.2) is 8.78 Å². The first-order chi connectivity index (χ1) is 16.0. The highest BCUT2D eigenvalue weighted by Crippen LogP contribution is 2.24. The third kappa shape index (κ3) is 4.22. The zero-order chi connectivity index (χ0) is 22.9. The van der Waals surface area contributed by atoms with Crippen molar-refractivity contribution in [1.29, 1.82) is 0 Å². The Morgan fingerprint density at radius 1 is 0.879 bits per heavy atom. The number of benzene rings is 1. The Morgan fingerprint density at radius 2 is 1.61 bits per heavy atom. The van der Waals surface area contributed by atoms with Crippen molar-refractivity contribution in [1.82, 2.24) is 29.6 Å². The minimum absolute atomic E-state index is 0.0617. The standard InChI is InChI=1S/C22H23F2N7O2/c23-17-2-1-16(13-18(17)24)22(33)30-11-9-29(10-12-30)21(32)15-5-7-28(8-6-15)20-4-3-19-26-25-14-31(19)27-20/h1-4,13-15H,5-12H2. The van der Waals surface area contributed by atoms with E-state index in [9.17, 15) is 18.4 Å². The Hall–Kier alpha value is -3.63. The van der Waals surface area contributed by atoms with Gasteiger partial charge in [0.05, 0.1) is 0 Å². The van der Waals surface area contributed by atoms with E-state index < -0.39 is 11.6 Å². The van der Waals surface area contributed by atoms with Crippen molar-refractivity contribution in [2.45, 2.75) is 12.8 Å². The molecule has 0 spiro atoms. The van der Waals surface area contributed by atoms with Gasteiger partial charge in [0.25, 0.3) is 5.91 Å². The summed E-state index contributed by atoms with van der Waals surface area (Å²) in [6.45, 7) is 3.05. The molecule has 0 atom stereocenters. The molecule has 2 aromatic heterocycles. The van der Waals surface area contributed by atoms with Gasteiger partial charge in [0.1, 0.15) is 12.1 Å². The summed E-state index contributed by atoms with van der Waals surface area (Å²) in [4.78, 5) is 31.2. The van der Waals surface area contributed by atoms with Gasteiger partial charge in [0.2, 0.25) is 5.91 Å². The molecule has 0 aliphatic carbocycles. The van der Waals surface area contributed by atoms with Crippen LogP contribution in [0.4, 0.5) is 14.6 Å². The number of hydrogen-bond donors (Lipinski definition) is 0. The Bertz CT molecular complexity index is 1180. The highest BCUT2D eigenvalue weighted by molar-refractivity contribution is 5.94. The predicted octanol–water partition coefficient (Wildman–Crippen LogP) is 1.60. The largest absolute Gasteiger partial charge is 0.355 e. The number of nitrogens with zero attached hydrogens (tertiary/aromatic N) is 7. The summed E-state index contributed by atoms with van der Waals surface area (Å²) in [5, 5.41) is 12.3. The van der Waals surface area contributed by atoms with Gasteiger partial charge in [-0.1, -0.05) is 0 Å². The van der Waals surface area contributed by atoms with E-state index in [2.05, 4.69) is 20.2 Å². The maximum Gasteiger partial charge on any atom is 0.254 e. The van der Waals surface area contributed by atoms with Gasteiger partial charge in [0.15, 0.2) is 17.3 Å². The lowest BCUT2D eigenvalue weighted by molar-refractivity contribution is -0.137. The second-order valence-electron chi connectivity index (χ2n) is 8.33. The van der Waals surface area contributed by atoms with Crippen molar-refractivity contribution in [3.05, 3.63) is 53.9 Å². The van der Waals surface area contributed by atoms with E-state index in [-0.39, 0.29) is 23.3 Å². The Balaban J connectivity index is 1.14. The zero-order valence-corrected chi connectivity index (χ0v) is 17.9. The highest BCUT2D eigenvalue weighted by Gasteiger charge is 2.32. The van der Waals surface area contributed by atoms with Crippen LogP contribution < -0.4 is 4.90 Å². The van der Waals surface area contributed by atoms with E-state index in [0.29, 0.717) is 31.8 Å². The average molecular weight is 455 g/mol. The van der Waals surface area contributed by atoms with Gasteiger partial charge >= 0.3 is 0 Å². The molecule has 3 aromatic rings. The molecule has 2 saturated heterocycles. The van der Waals surface area contributed by atoms with Gasteiger partial charge in [-0.15, -0.1) is 15.3 Å². The van der Waals surface area contributed by atoms with Gasteiger partial charge < -0.3 is 14.7 Å². The molecule has 172 valence electrons. The minimum atomic E-state index is -1.04. The number of halogens is 2. The Labute approximate surface area is 188 Å². The van der Waals surface area contributed by atoms with Crippen LogP contribution in [0.2, 0.25) is 0 Å². The molecule has 11 heteroatoms. The third-order valence-corrected chi connectivity index (χ3v) is 6.36. The summed E-state index contributed by atoms with van der Waals surface area (Å²) in [6.07, 6.45) is 3.02. The Kier molecular flexibility index (Phi) is 5.61. The van der Waals surface area contributed by atoms with E-state index in [1.165, 1.54) is 6.07 Å². The fourth-order valence-corrected chi connectivity index (χ4v) is 4.44. The summed E-state index contributed by atoms with van der Waals surface area (Å²) < 4.78 is 28.2. The van der Waals surface area contributed by atoms with Gasteiger partial charge in [0, 0.05) is 50.7 Å². The number of rotatable bonds is 3. The Morgan fingerprint density at radius 3 is 2.33 bits per heavy atom. The molecule has 9 nitrogen and oxygen atoms in total. The monoisotopic (exact) mass is 455 g/mol.